The van der Waals surface area contributed by atoms with Crippen LogP contribution in [-0.4, -0.2) is 28.7 Å². The fraction of sp³-hybridized carbons (Fsp3) is 0.100. The monoisotopic (exact) mass is 360 g/mol. The number of carbonyl (C=O) groups is 3. The molecule has 1 atom stereocenters. The summed E-state index contributed by atoms with van der Waals surface area (Å²) in [6.07, 6.45) is 1.46. The summed E-state index contributed by atoms with van der Waals surface area (Å²) in [6, 6.07) is 14.9. The van der Waals surface area contributed by atoms with Crippen LogP contribution >= 0.6 is 0 Å². The Balaban J connectivity index is 1.51. The van der Waals surface area contributed by atoms with Gasteiger partial charge in [-0.05, 0) is 24.3 Å². The molecule has 27 heavy (non-hydrogen) atoms. The van der Waals surface area contributed by atoms with Gasteiger partial charge in [-0.3, -0.25) is 19.4 Å². The van der Waals surface area contributed by atoms with Gasteiger partial charge in [0.2, 0.25) is 11.8 Å². The van der Waals surface area contributed by atoms with Gasteiger partial charge < -0.3 is 16.0 Å². The number of fused-ring (bicyclic) bond motifs is 2. The molecule has 0 spiro atoms. The van der Waals surface area contributed by atoms with E-state index >= 15 is 0 Å². The Hall–Kier alpha value is -3.74. The molecule has 0 saturated heterocycles. The molecule has 0 bridgehead atoms. The maximum atomic E-state index is 12.5. The zero-order chi connectivity index (χ0) is 18.8. The molecule has 3 amide bonds. The highest BCUT2D eigenvalue weighted by Gasteiger charge is 2.29. The summed E-state index contributed by atoms with van der Waals surface area (Å²) >= 11 is 0. The second kappa shape index (κ2) is 6.87. The molecule has 134 valence electrons. The lowest BCUT2D eigenvalue weighted by Crippen LogP contribution is -2.43. The third-order valence-corrected chi connectivity index (χ3v) is 4.35. The van der Waals surface area contributed by atoms with Gasteiger partial charge in [0, 0.05) is 11.6 Å². The SMILES string of the molecule is O=C(C[C@@H]1NC(=O)c2ccccc2NC1=O)Nc1cccc2cccnc12. The number of amides is 3. The lowest BCUT2D eigenvalue weighted by molar-refractivity contribution is -0.122. The third kappa shape index (κ3) is 3.35. The first kappa shape index (κ1) is 16.7. The summed E-state index contributed by atoms with van der Waals surface area (Å²) in [7, 11) is 0. The van der Waals surface area contributed by atoms with Crippen molar-refractivity contribution in [3.8, 4) is 0 Å². The zero-order valence-corrected chi connectivity index (χ0v) is 14.2. The van der Waals surface area contributed by atoms with Crippen LogP contribution in [-0.2, 0) is 9.59 Å². The van der Waals surface area contributed by atoms with E-state index in [4.69, 9.17) is 0 Å². The average molecular weight is 360 g/mol. The summed E-state index contributed by atoms with van der Waals surface area (Å²) in [4.78, 5) is 41.5. The van der Waals surface area contributed by atoms with Crippen molar-refractivity contribution < 1.29 is 14.4 Å². The maximum absolute atomic E-state index is 12.5. The quantitative estimate of drug-likeness (QED) is 0.667. The molecule has 0 fully saturated rings. The van der Waals surface area contributed by atoms with Crippen LogP contribution in [0, 0.1) is 0 Å². The smallest absolute Gasteiger partial charge is 0.254 e. The summed E-state index contributed by atoms with van der Waals surface area (Å²) in [5.74, 6) is -1.22. The van der Waals surface area contributed by atoms with Crippen LogP contribution in [0.5, 0.6) is 0 Å². The van der Waals surface area contributed by atoms with E-state index in [1.165, 1.54) is 0 Å². The lowest BCUT2D eigenvalue weighted by Gasteiger charge is -2.15. The van der Waals surface area contributed by atoms with Crippen molar-refractivity contribution in [3.63, 3.8) is 0 Å². The van der Waals surface area contributed by atoms with Crippen LogP contribution in [0.25, 0.3) is 10.9 Å². The van der Waals surface area contributed by atoms with Gasteiger partial charge in [-0.2, -0.15) is 0 Å². The number of pyridine rings is 1. The molecule has 0 aliphatic carbocycles. The summed E-state index contributed by atoms with van der Waals surface area (Å²) in [5, 5.41) is 8.97. The third-order valence-electron chi connectivity index (χ3n) is 4.35. The molecule has 7 heteroatoms. The topological polar surface area (TPSA) is 100 Å². The van der Waals surface area contributed by atoms with Gasteiger partial charge in [-0.1, -0.05) is 30.3 Å². The van der Waals surface area contributed by atoms with E-state index in [0.29, 0.717) is 22.5 Å². The largest absolute Gasteiger partial charge is 0.340 e. The number of hydrogen-bond acceptors (Lipinski definition) is 4. The number of rotatable bonds is 3. The summed E-state index contributed by atoms with van der Waals surface area (Å²) in [6.45, 7) is 0. The molecule has 0 unspecified atom stereocenters. The maximum Gasteiger partial charge on any atom is 0.254 e. The number of anilines is 2. The van der Waals surface area contributed by atoms with E-state index in [1.807, 2.05) is 24.3 Å². The van der Waals surface area contributed by atoms with Crippen molar-refractivity contribution in [2.45, 2.75) is 12.5 Å². The van der Waals surface area contributed by atoms with Crippen LogP contribution in [0.1, 0.15) is 16.8 Å². The van der Waals surface area contributed by atoms with Crippen LogP contribution in [0.15, 0.2) is 60.8 Å². The highest BCUT2D eigenvalue weighted by molar-refractivity contribution is 6.11. The molecule has 2 heterocycles. The molecule has 2 aromatic carbocycles. The van der Waals surface area contributed by atoms with Crippen LogP contribution < -0.4 is 16.0 Å². The molecule has 0 saturated carbocycles. The number of nitrogens with zero attached hydrogens (tertiary/aromatic N) is 1. The van der Waals surface area contributed by atoms with Gasteiger partial charge in [0.15, 0.2) is 0 Å². The average Bonchev–Trinajstić information content (AvgIpc) is 2.79. The fourth-order valence-electron chi connectivity index (χ4n) is 3.05. The number of aromatic nitrogens is 1. The van der Waals surface area contributed by atoms with Crippen LogP contribution in [0.2, 0.25) is 0 Å². The minimum absolute atomic E-state index is 0.186. The molecule has 3 N–H and O–H groups in total. The molecular weight excluding hydrogens is 344 g/mol. The van der Waals surface area contributed by atoms with E-state index in [2.05, 4.69) is 20.9 Å². The Morgan fingerprint density at radius 3 is 2.74 bits per heavy atom. The van der Waals surface area contributed by atoms with Gasteiger partial charge in [0.25, 0.3) is 5.91 Å². The number of hydrogen-bond donors (Lipinski definition) is 3. The Morgan fingerprint density at radius 1 is 1.04 bits per heavy atom. The number of para-hydroxylation sites is 2. The first-order valence-corrected chi connectivity index (χ1v) is 8.46. The Morgan fingerprint density at radius 2 is 1.85 bits per heavy atom. The molecule has 7 nitrogen and oxygen atoms in total. The highest BCUT2D eigenvalue weighted by Crippen LogP contribution is 2.22. The minimum Gasteiger partial charge on any atom is -0.340 e. The lowest BCUT2D eigenvalue weighted by atomic mass is 10.1. The predicted octanol–water partition coefficient (Wildman–Crippen LogP) is 2.31. The van der Waals surface area contributed by atoms with Crippen molar-refractivity contribution in [2.24, 2.45) is 0 Å². The summed E-state index contributed by atoms with van der Waals surface area (Å²) < 4.78 is 0. The van der Waals surface area contributed by atoms with E-state index < -0.39 is 17.9 Å². The van der Waals surface area contributed by atoms with Gasteiger partial charge in [0.1, 0.15) is 6.04 Å². The van der Waals surface area contributed by atoms with Crippen LogP contribution in [0.4, 0.5) is 11.4 Å². The molecule has 4 rings (SSSR count). The first-order chi connectivity index (χ1) is 13.1. The second-order valence-corrected chi connectivity index (χ2v) is 6.19. The first-order valence-electron chi connectivity index (χ1n) is 8.46. The van der Waals surface area contributed by atoms with Crippen LogP contribution in [0.3, 0.4) is 0 Å². The van der Waals surface area contributed by atoms with Crippen molar-refractivity contribution in [1.29, 1.82) is 0 Å². The normalized spacial score (nSPS) is 16.1. The van der Waals surface area contributed by atoms with Gasteiger partial charge in [-0.25, -0.2) is 0 Å². The van der Waals surface area contributed by atoms with E-state index in [1.54, 1.807) is 36.5 Å². The predicted molar refractivity (Wildman–Crippen MR) is 101 cm³/mol. The number of benzene rings is 2. The van der Waals surface area contributed by atoms with Gasteiger partial charge in [0.05, 0.1) is 28.9 Å². The van der Waals surface area contributed by atoms with Crippen molar-refractivity contribution in [1.82, 2.24) is 10.3 Å². The molecule has 1 aliphatic heterocycles. The molecule has 1 aromatic heterocycles. The van der Waals surface area contributed by atoms with E-state index in [9.17, 15) is 14.4 Å². The Labute approximate surface area is 154 Å². The van der Waals surface area contributed by atoms with Crippen molar-refractivity contribution in [2.75, 3.05) is 10.6 Å². The van der Waals surface area contributed by atoms with E-state index in [0.717, 1.165) is 5.39 Å². The fourth-order valence-corrected chi connectivity index (χ4v) is 3.05. The Kier molecular flexibility index (Phi) is 4.25. The summed E-state index contributed by atoms with van der Waals surface area (Å²) in [5.41, 5.74) is 2.02. The standard InChI is InChI=1S/C20H16N4O3/c25-17(22-15-9-3-5-12-6-4-10-21-18(12)15)11-16-20(27)23-14-8-2-1-7-13(14)19(26)24-16/h1-10,16H,11H2,(H,22,25)(H,23,27)(H,24,26)/t16-/m0/s1. The second-order valence-electron chi connectivity index (χ2n) is 6.19. The Bertz CT molecular complexity index is 1060. The van der Waals surface area contributed by atoms with Crippen molar-refractivity contribution in [3.05, 3.63) is 66.4 Å². The molecular formula is C20H16N4O3. The molecule has 3 aromatic rings. The number of carbonyl (C=O) groups excluding carboxylic acids is 3. The highest BCUT2D eigenvalue weighted by atomic mass is 16.2. The zero-order valence-electron chi connectivity index (χ0n) is 14.2. The minimum atomic E-state index is -0.965. The van der Waals surface area contributed by atoms with Gasteiger partial charge in [-0.15, -0.1) is 0 Å². The van der Waals surface area contributed by atoms with Gasteiger partial charge >= 0.3 is 0 Å². The van der Waals surface area contributed by atoms with E-state index in [-0.39, 0.29) is 12.3 Å². The molecule has 0 radical (unpaired) electrons. The number of nitrogens with one attached hydrogen (secondary N) is 3. The molecule has 1 aliphatic rings. The van der Waals surface area contributed by atoms with Crippen molar-refractivity contribution >= 4 is 40.0 Å².